The van der Waals surface area contributed by atoms with Crippen molar-refractivity contribution in [3.05, 3.63) is 77.9 Å². The maximum absolute atomic E-state index is 4.73. The third-order valence-corrected chi connectivity index (χ3v) is 4.43. The molecule has 3 rings (SSSR count). The minimum absolute atomic E-state index is 0.542. The van der Waals surface area contributed by atoms with Crippen LogP contribution < -0.4 is 10.6 Å². The van der Waals surface area contributed by atoms with Crippen molar-refractivity contribution in [3.63, 3.8) is 0 Å². The smallest absolute Gasteiger partial charge is 0.191 e. The molecule has 2 N–H and O–H groups in total. The summed E-state index contributed by atoms with van der Waals surface area (Å²) in [5, 5.41) is 15.1. The summed E-state index contributed by atoms with van der Waals surface area (Å²) in [4.78, 5) is 4.73. The summed E-state index contributed by atoms with van der Waals surface area (Å²) in [6.45, 7) is 6.34. The molecule has 0 saturated carbocycles. The van der Waals surface area contributed by atoms with Crippen molar-refractivity contribution in [2.75, 3.05) is 6.54 Å². The van der Waals surface area contributed by atoms with Gasteiger partial charge in [0.25, 0.3) is 0 Å². The summed E-state index contributed by atoms with van der Waals surface area (Å²) in [5.74, 6) is 1.63. The van der Waals surface area contributed by atoms with Crippen molar-refractivity contribution < 1.29 is 0 Å². The Bertz CT molecular complexity index is 868. The molecule has 0 aliphatic rings. The molecule has 0 unspecified atom stereocenters. The van der Waals surface area contributed by atoms with E-state index in [1.807, 2.05) is 34.9 Å². The predicted molar refractivity (Wildman–Crippen MR) is 113 cm³/mol. The molecule has 0 radical (unpaired) electrons. The predicted octanol–water partition coefficient (Wildman–Crippen LogP) is 3.61. The van der Waals surface area contributed by atoms with Crippen LogP contribution in [0.4, 0.5) is 0 Å². The van der Waals surface area contributed by atoms with E-state index < -0.39 is 0 Å². The Balaban J connectivity index is 1.67. The molecule has 28 heavy (non-hydrogen) atoms. The van der Waals surface area contributed by atoms with Crippen molar-refractivity contribution in [2.45, 2.75) is 39.8 Å². The van der Waals surface area contributed by atoms with Crippen LogP contribution >= 0.6 is 0 Å². The highest BCUT2D eigenvalue weighted by Gasteiger charge is 2.07. The Hall–Kier alpha value is -3.15. The minimum Gasteiger partial charge on any atom is -0.356 e. The van der Waals surface area contributed by atoms with Gasteiger partial charge in [0.2, 0.25) is 0 Å². The minimum atomic E-state index is 0.542. The number of nitrogens with zero attached hydrogens (tertiary/aromatic N) is 4. The van der Waals surface area contributed by atoms with Gasteiger partial charge >= 0.3 is 0 Å². The van der Waals surface area contributed by atoms with Crippen LogP contribution in [0.25, 0.3) is 5.69 Å². The van der Waals surface area contributed by atoms with E-state index in [-0.39, 0.29) is 0 Å². The van der Waals surface area contributed by atoms with Gasteiger partial charge in [-0.3, -0.25) is 4.57 Å². The van der Waals surface area contributed by atoms with Gasteiger partial charge < -0.3 is 10.6 Å². The molecular weight excluding hydrogens is 348 g/mol. The molecule has 0 bridgehead atoms. The van der Waals surface area contributed by atoms with Crippen LogP contribution in [0.1, 0.15) is 36.7 Å². The molecule has 0 aliphatic carbocycles. The van der Waals surface area contributed by atoms with Crippen LogP contribution in [-0.4, -0.2) is 27.3 Å². The van der Waals surface area contributed by atoms with Crippen LogP contribution in [0.3, 0.4) is 0 Å². The van der Waals surface area contributed by atoms with E-state index in [4.69, 9.17) is 4.99 Å². The van der Waals surface area contributed by atoms with Crippen LogP contribution in [-0.2, 0) is 13.1 Å². The van der Waals surface area contributed by atoms with E-state index >= 15 is 0 Å². The maximum atomic E-state index is 4.73. The van der Waals surface area contributed by atoms with Crippen molar-refractivity contribution in [2.24, 2.45) is 4.99 Å². The van der Waals surface area contributed by atoms with Crippen LogP contribution in [0.2, 0.25) is 0 Å². The van der Waals surface area contributed by atoms with Crippen LogP contribution in [0.5, 0.6) is 0 Å². The number of para-hydroxylation sites is 1. The number of aliphatic imine (C=N–C) groups is 1. The molecule has 0 spiro atoms. The highest BCUT2D eigenvalue weighted by atomic mass is 15.3. The van der Waals surface area contributed by atoms with E-state index in [9.17, 15) is 0 Å². The highest BCUT2D eigenvalue weighted by Crippen LogP contribution is 2.09. The maximum Gasteiger partial charge on any atom is 0.191 e. The third-order valence-electron chi connectivity index (χ3n) is 4.43. The fourth-order valence-corrected chi connectivity index (χ4v) is 2.77. The van der Waals surface area contributed by atoms with Gasteiger partial charge in [0.1, 0.15) is 6.33 Å². The summed E-state index contributed by atoms with van der Waals surface area (Å²) in [6, 6.07) is 18.6. The summed E-state index contributed by atoms with van der Waals surface area (Å²) in [7, 11) is 0. The number of unbranched alkanes of at least 4 members (excludes halogenated alkanes) is 1. The number of aromatic nitrogens is 3. The largest absolute Gasteiger partial charge is 0.356 e. The second-order valence-electron chi connectivity index (χ2n) is 6.74. The van der Waals surface area contributed by atoms with Gasteiger partial charge in [-0.15, -0.1) is 10.2 Å². The number of rotatable bonds is 8. The van der Waals surface area contributed by atoms with Crippen molar-refractivity contribution >= 4 is 5.96 Å². The Morgan fingerprint density at radius 3 is 2.57 bits per heavy atom. The Kier molecular flexibility index (Phi) is 7.18. The standard InChI is InChI=1S/C22H28N6/c1-3-4-14-23-22(24-15-19-12-10-18(2)11-13-19)25-16-21-27-26-17-28(21)20-8-6-5-7-9-20/h5-13,17H,3-4,14-16H2,1-2H3,(H2,23,24,25). The number of guanidine groups is 1. The molecule has 0 saturated heterocycles. The molecule has 1 aromatic heterocycles. The zero-order valence-corrected chi connectivity index (χ0v) is 16.6. The third kappa shape index (κ3) is 5.67. The van der Waals surface area contributed by atoms with E-state index in [0.29, 0.717) is 13.1 Å². The molecule has 146 valence electrons. The van der Waals surface area contributed by atoms with Gasteiger partial charge in [0.15, 0.2) is 11.8 Å². The highest BCUT2D eigenvalue weighted by molar-refractivity contribution is 5.79. The van der Waals surface area contributed by atoms with E-state index in [1.165, 1.54) is 11.1 Å². The SMILES string of the molecule is CCCCNC(=NCc1ccc(C)cc1)NCc1nncn1-c1ccccc1. The second kappa shape index (κ2) is 10.3. The number of benzene rings is 2. The van der Waals surface area contributed by atoms with Gasteiger partial charge in [-0.1, -0.05) is 61.4 Å². The first-order valence-electron chi connectivity index (χ1n) is 9.78. The fourth-order valence-electron chi connectivity index (χ4n) is 2.77. The second-order valence-corrected chi connectivity index (χ2v) is 6.74. The lowest BCUT2D eigenvalue weighted by Gasteiger charge is -2.13. The molecule has 0 atom stereocenters. The van der Waals surface area contributed by atoms with E-state index in [1.54, 1.807) is 6.33 Å². The molecule has 6 heteroatoms. The van der Waals surface area contributed by atoms with Gasteiger partial charge in [0.05, 0.1) is 13.1 Å². The topological polar surface area (TPSA) is 67.1 Å². The van der Waals surface area contributed by atoms with Gasteiger partial charge in [-0.25, -0.2) is 4.99 Å². The monoisotopic (exact) mass is 376 g/mol. The zero-order valence-electron chi connectivity index (χ0n) is 16.6. The molecule has 0 amide bonds. The molecule has 0 aliphatic heterocycles. The molecule has 3 aromatic rings. The first kappa shape index (κ1) is 19.6. The Morgan fingerprint density at radius 2 is 1.82 bits per heavy atom. The first-order chi connectivity index (χ1) is 13.8. The molecule has 6 nitrogen and oxygen atoms in total. The first-order valence-corrected chi connectivity index (χ1v) is 9.78. The van der Waals surface area contributed by atoms with Gasteiger partial charge in [-0.2, -0.15) is 0 Å². The summed E-state index contributed by atoms with van der Waals surface area (Å²) < 4.78 is 1.98. The van der Waals surface area contributed by atoms with Crippen LogP contribution in [0, 0.1) is 6.92 Å². The zero-order chi connectivity index (χ0) is 19.6. The van der Waals surface area contributed by atoms with E-state index in [2.05, 4.69) is 58.9 Å². The van der Waals surface area contributed by atoms with Gasteiger partial charge in [-0.05, 0) is 31.0 Å². The quantitative estimate of drug-likeness (QED) is 0.358. The van der Waals surface area contributed by atoms with Crippen molar-refractivity contribution in [1.82, 2.24) is 25.4 Å². The summed E-state index contributed by atoms with van der Waals surface area (Å²) >= 11 is 0. The van der Waals surface area contributed by atoms with Crippen LogP contribution in [0.15, 0.2) is 65.9 Å². The van der Waals surface area contributed by atoms with Crippen molar-refractivity contribution in [1.29, 1.82) is 0 Å². The lowest BCUT2D eigenvalue weighted by atomic mass is 10.1. The average molecular weight is 377 g/mol. The number of hydrogen-bond acceptors (Lipinski definition) is 3. The lowest BCUT2D eigenvalue weighted by molar-refractivity contribution is 0.710. The normalized spacial score (nSPS) is 11.4. The number of aryl methyl sites for hydroxylation is 1. The number of nitrogens with one attached hydrogen (secondary N) is 2. The summed E-state index contributed by atoms with van der Waals surface area (Å²) in [6.07, 6.45) is 3.98. The van der Waals surface area contributed by atoms with Gasteiger partial charge in [0, 0.05) is 12.2 Å². The number of hydrogen-bond donors (Lipinski definition) is 2. The molecular formula is C22H28N6. The molecule has 0 fully saturated rings. The Morgan fingerprint density at radius 1 is 1.04 bits per heavy atom. The lowest BCUT2D eigenvalue weighted by Crippen LogP contribution is -2.38. The van der Waals surface area contributed by atoms with Crippen molar-refractivity contribution in [3.8, 4) is 5.69 Å². The fraction of sp³-hybridized carbons (Fsp3) is 0.318. The molecule has 2 aromatic carbocycles. The average Bonchev–Trinajstić information content (AvgIpc) is 3.20. The molecule has 1 heterocycles. The van der Waals surface area contributed by atoms with E-state index in [0.717, 1.165) is 36.9 Å². The summed E-state index contributed by atoms with van der Waals surface area (Å²) in [5.41, 5.74) is 3.49. The Labute approximate surface area is 166 Å².